The molecule has 1 aromatic heterocycles. The fourth-order valence-electron chi connectivity index (χ4n) is 1.62. The van der Waals surface area contributed by atoms with Gasteiger partial charge in [0.05, 0.1) is 26.2 Å². The highest BCUT2D eigenvalue weighted by atomic mass is 16.5. The number of rotatable bonds is 6. The Morgan fingerprint density at radius 2 is 2.26 bits per heavy atom. The summed E-state index contributed by atoms with van der Waals surface area (Å²) >= 11 is 0. The number of benzene rings is 1. The highest BCUT2D eigenvalue weighted by Gasteiger charge is 2.03. The maximum absolute atomic E-state index is 11.7. The van der Waals surface area contributed by atoms with Crippen LogP contribution in [-0.4, -0.2) is 19.6 Å². The van der Waals surface area contributed by atoms with Crippen LogP contribution in [-0.2, 0) is 11.3 Å². The zero-order valence-electron chi connectivity index (χ0n) is 10.7. The Bertz CT molecular complexity index is 523. The third-order valence-electron chi connectivity index (χ3n) is 2.55. The van der Waals surface area contributed by atoms with Crippen molar-refractivity contribution in [2.45, 2.75) is 6.54 Å². The van der Waals surface area contributed by atoms with Gasteiger partial charge < -0.3 is 19.8 Å². The van der Waals surface area contributed by atoms with E-state index in [1.165, 1.54) is 0 Å². The van der Waals surface area contributed by atoms with E-state index in [2.05, 4.69) is 10.6 Å². The summed E-state index contributed by atoms with van der Waals surface area (Å²) in [6.07, 6.45) is 3.25. The van der Waals surface area contributed by atoms with Crippen LogP contribution in [0.4, 0.5) is 5.69 Å². The monoisotopic (exact) mass is 260 g/mol. The average molecular weight is 260 g/mol. The molecule has 0 saturated heterocycles. The third kappa shape index (κ3) is 4.15. The normalized spacial score (nSPS) is 10.2. The molecule has 5 heteroatoms. The molecule has 0 unspecified atom stereocenters. The molecule has 0 saturated carbocycles. The smallest absolute Gasteiger partial charge is 0.238 e. The van der Waals surface area contributed by atoms with Gasteiger partial charge >= 0.3 is 0 Å². The van der Waals surface area contributed by atoms with Crippen molar-refractivity contribution < 1.29 is 13.9 Å². The number of hydrogen-bond acceptors (Lipinski definition) is 4. The molecule has 0 bridgehead atoms. The molecule has 1 aromatic carbocycles. The summed E-state index contributed by atoms with van der Waals surface area (Å²) in [6.45, 7) is 0.838. The van der Waals surface area contributed by atoms with E-state index in [4.69, 9.17) is 9.15 Å². The molecule has 5 nitrogen and oxygen atoms in total. The number of anilines is 1. The predicted molar refractivity (Wildman–Crippen MR) is 72.0 cm³/mol. The van der Waals surface area contributed by atoms with E-state index in [0.29, 0.717) is 12.3 Å². The molecule has 1 amide bonds. The van der Waals surface area contributed by atoms with Crippen molar-refractivity contribution in [3.8, 4) is 5.75 Å². The van der Waals surface area contributed by atoms with Crippen LogP contribution in [0.25, 0.3) is 0 Å². The summed E-state index contributed by atoms with van der Waals surface area (Å²) in [6, 6.07) is 9.09. The second-order valence-corrected chi connectivity index (χ2v) is 4.02. The fourth-order valence-corrected chi connectivity index (χ4v) is 1.62. The first-order chi connectivity index (χ1) is 9.28. The van der Waals surface area contributed by atoms with Gasteiger partial charge in [-0.3, -0.25) is 4.79 Å². The summed E-state index contributed by atoms with van der Waals surface area (Å²) in [4.78, 5) is 11.7. The Balaban J connectivity index is 1.77. The van der Waals surface area contributed by atoms with Gasteiger partial charge in [0.25, 0.3) is 0 Å². The van der Waals surface area contributed by atoms with E-state index >= 15 is 0 Å². The van der Waals surface area contributed by atoms with Gasteiger partial charge in [0, 0.05) is 23.9 Å². The number of carbonyl (C=O) groups excluding carboxylic acids is 1. The van der Waals surface area contributed by atoms with Crippen LogP contribution in [0.3, 0.4) is 0 Å². The number of nitrogens with one attached hydrogen (secondary N) is 2. The molecule has 0 aliphatic carbocycles. The summed E-state index contributed by atoms with van der Waals surface area (Å²) in [7, 11) is 1.59. The lowest BCUT2D eigenvalue weighted by atomic mass is 10.3. The molecule has 0 fully saturated rings. The minimum atomic E-state index is -0.100. The first-order valence-electron chi connectivity index (χ1n) is 5.93. The summed E-state index contributed by atoms with van der Waals surface area (Å²) in [5, 5.41) is 5.82. The van der Waals surface area contributed by atoms with Crippen molar-refractivity contribution in [2.75, 3.05) is 19.0 Å². The zero-order valence-corrected chi connectivity index (χ0v) is 10.7. The molecular formula is C14H16N2O3. The lowest BCUT2D eigenvalue weighted by molar-refractivity contribution is -0.115. The summed E-state index contributed by atoms with van der Waals surface area (Å²) in [5.74, 6) is 0.612. The third-order valence-corrected chi connectivity index (χ3v) is 2.55. The molecule has 0 aliphatic rings. The van der Waals surface area contributed by atoms with Crippen LogP contribution in [0, 0.1) is 0 Å². The van der Waals surface area contributed by atoms with E-state index in [-0.39, 0.29) is 12.5 Å². The molecule has 0 atom stereocenters. The molecule has 0 radical (unpaired) electrons. The van der Waals surface area contributed by atoms with E-state index in [1.54, 1.807) is 25.7 Å². The molecule has 19 heavy (non-hydrogen) atoms. The van der Waals surface area contributed by atoms with Gasteiger partial charge in [-0.25, -0.2) is 0 Å². The highest BCUT2D eigenvalue weighted by Crippen LogP contribution is 2.16. The van der Waals surface area contributed by atoms with E-state index in [9.17, 15) is 4.79 Å². The fraction of sp³-hybridized carbons (Fsp3) is 0.214. The molecule has 0 spiro atoms. The minimum absolute atomic E-state index is 0.100. The topological polar surface area (TPSA) is 63.5 Å². The summed E-state index contributed by atoms with van der Waals surface area (Å²) < 4.78 is 10.0. The van der Waals surface area contributed by atoms with Crippen LogP contribution in [0.1, 0.15) is 5.56 Å². The highest BCUT2D eigenvalue weighted by molar-refractivity contribution is 5.92. The van der Waals surface area contributed by atoms with E-state index < -0.39 is 0 Å². The van der Waals surface area contributed by atoms with E-state index in [1.807, 2.05) is 24.3 Å². The molecular weight excluding hydrogens is 244 g/mol. The molecule has 2 rings (SSSR count). The second-order valence-electron chi connectivity index (χ2n) is 4.02. The molecule has 0 aliphatic heterocycles. The first-order valence-corrected chi connectivity index (χ1v) is 5.93. The molecule has 2 N–H and O–H groups in total. The van der Waals surface area contributed by atoms with Crippen molar-refractivity contribution in [3.05, 3.63) is 48.4 Å². The van der Waals surface area contributed by atoms with Gasteiger partial charge in [-0.2, -0.15) is 0 Å². The lowest BCUT2D eigenvalue weighted by Gasteiger charge is -2.07. The van der Waals surface area contributed by atoms with Gasteiger partial charge in [0.2, 0.25) is 5.91 Å². The quantitative estimate of drug-likeness (QED) is 0.834. The largest absolute Gasteiger partial charge is 0.497 e. The van der Waals surface area contributed by atoms with E-state index in [0.717, 1.165) is 11.3 Å². The lowest BCUT2D eigenvalue weighted by Crippen LogP contribution is -2.27. The minimum Gasteiger partial charge on any atom is -0.497 e. The van der Waals surface area contributed by atoms with Crippen molar-refractivity contribution in [3.63, 3.8) is 0 Å². The number of carbonyl (C=O) groups is 1. The Labute approximate surface area is 111 Å². The van der Waals surface area contributed by atoms with Crippen molar-refractivity contribution in [1.82, 2.24) is 5.32 Å². The Morgan fingerprint density at radius 1 is 1.37 bits per heavy atom. The Hall–Kier alpha value is -2.27. The van der Waals surface area contributed by atoms with Crippen molar-refractivity contribution in [2.24, 2.45) is 0 Å². The average Bonchev–Trinajstić information content (AvgIpc) is 2.92. The van der Waals surface area contributed by atoms with Crippen LogP contribution < -0.4 is 15.4 Å². The predicted octanol–water partition coefficient (Wildman–Crippen LogP) is 2.02. The molecule has 1 heterocycles. The number of amides is 1. The summed E-state index contributed by atoms with van der Waals surface area (Å²) in [5.41, 5.74) is 1.73. The Morgan fingerprint density at radius 3 is 3.00 bits per heavy atom. The molecule has 2 aromatic rings. The number of ether oxygens (including phenoxy) is 1. The van der Waals surface area contributed by atoms with Gasteiger partial charge in [-0.1, -0.05) is 6.07 Å². The van der Waals surface area contributed by atoms with Crippen molar-refractivity contribution >= 4 is 11.6 Å². The maximum atomic E-state index is 11.7. The Kier molecular flexibility index (Phi) is 4.58. The number of methoxy groups -OCH3 is 1. The van der Waals surface area contributed by atoms with Crippen LogP contribution in [0.5, 0.6) is 5.75 Å². The standard InChI is InChI=1S/C14H16N2O3/c1-18-13-4-2-3-12(7-13)16-14(17)9-15-8-11-5-6-19-10-11/h2-7,10,15H,8-9H2,1H3,(H,16,17). The van der Waals surface area contributed by atoms with Gasteiger partial charge in [0.1, 0.15) is 5.75 Å². The van der Waals surface area contributed by atoms with Crippen LogP contribution in [0.15, 0.2) is 47.3 Å². The number of furan rings is 1. The SMILES string of the molecule is COc1cccc(NC(=O)CNCc2ccoc2)c1. The first kappa shape index (κ1) is 13.2. The second kappa shape index (κ2) is 6.61. The molecule has 100 valence electrons. The van der Waals surface area contributed by atoms with Crippen molar-refractivity contribution in [1.29, 1.82) is 0 Å². The van der Waals surface area contributed by atoms with Gasteiger partial charge in [-0.05, 0) is 18.2 Å². The zero-order chi connectivity index (χ0) is 13.5. The van der Waals surface area contributed by atoms with Crippen LogP contribution >= 0.6 is 0 Å². The maximum Gasteiger partial charge on any atom is 0.238 e. The van der Waals surface area contributed by atoms with Gasteiger partial charge in [0.15, 0.2) is 0 Å². The van der Waals surface area contributed by atoms with Gasteiger partial charge in [-0.15, -0.1) is 0 Å². The number of hydrogen-bond donors (Lipinski definition) is 2. The van der Waals surface area contributed by atoms with Crippen LogP contribution in [0.2, 0.25) is 0 Å².